The number of hydrogen-bond donors (Lipinski definition) is 0. The predicted octanol–water partition coefficient (Wildman–Crippen LogP) is 2.68. The number of hydrogen-bond acceptors (Lipinski definition) is 3. The second-order valence-electron chi connectivity index (χ2n) is 5.69. The summed E-state index contributed by atoms with van der Waals surface area (Å²) in [5, 5.41) is 0. The number of rotatable bonds is 4. The van der Waals surface area contributed by atoms with Gasteiger partial charge in [-0.25, -0.2) is 0 Å². The fourth-order valence-corrected chi connectivity index (χ4v) is 3.00. The molecule has 0 spiro atoms. The summed E-state index contributed by atoms with van der Waals surface area (Å²) in [6.45, 7) is 3.64. The summed E-state index contributed by atoms with van der Waals surface area (Å²) in [6.07, 6.45) is 8.94. The van der Waals surface area contributed by atoms with Crippen LogP contribution in [0.15, 0.2) is 11.6 Å². The Kier molecular flexibility index (Phi) is 5.62. The Morgan fingerprint density at radius 3 is 2.65 bits per heavy atom. The molecule has 1 fully saturated rings. The van der Waals surface area contributed by atoms with Gasteiger partial charge in [-0.1, -0.05) is 11.6 Å². The van der Waals surface area contributed by atoms with Gasteiger partial charge in [-0.3, -0.25) is 9.59 Å². The molecule has 1 aliphatic carbocycles. The van der Waals surface area contributed by atoms with Gasteiger partial charge in [0.25, 0.3) is 0 Å². The van der Waals surface area contributed by atoms with Crippen molar-refractivity contribution in [3.05, 3.63) is 11.6 Å². The molecule has 4 heteroatoms. The minimum atomic E-state index is -0.102. The van der Waals surface area contributed by atoms with E-state index >= 15 is 0 Å². The van der Waals surface area contributed by atoms with Crippen LogP contribution in [0.1, 0.15) is 51.9 Å². The summed E-state index contributed by atoms with van der Waals surface area (Å²) in [5.41, 5.74) is 1.30. The molecule has 20 heavy (non-hydrogen) atoms. The molecule has 2 aliphatic rings. The molecule has 4 nitrogen and oxygen atoms in total. The van der Waals surface area contributed by atoms with Gasteiger partial charge in [0.1, 0.15) is 0 Å². The smallest absolute Gasteiger partial charge is 0.309 e. The summed E-state index contributed by atoms with van der Waals surface area (Å²) < 4.78 is 5.05. The Balaban J connectivity index is 1.76. The monoisotopic (exact) mass is 279 g/mol. The van der Waals surface area contributed by atoms with Gasteiger partial charge < -0.3 is 9.64 Å². The maximum absolute atomic E-state index is 12.2. The van der Waals surface area contributed by atoms with E-state index in [-0.39, 0.29) is 17.8 Å². The molecular formula is C16H25NO3. The van der Waals surface area contributed by atoms with Gasteiger partial charge in [0.15, 0.2) is 0 Å². The number of carbonyl (C=O) groups is 2. The fourth-order valence-electron chi connectivity index (χ4n) is 3.00. The van der Waals surface area contributed by atoms with Crippen LogP contribution in [-0.2, 0) is 14.3 Å². The van der Waals surface area contributed by atoms with Crippen molar-refractivity contribution in [1.29, 1.82) is 0 Å². The van der Waals surface area contributed by atoms with E-state index in [0.717, 1.165) is 25.7 Å². The van der Waals surface area contributed by atoms with Crippen molar-refractivity contribution in [1.82, 2.24) is 4.90 Å². The predicted molar refractivity (Wildman–Crippen MR) is 77.1 cm³/mol. The lowest BCUT2D eigenvalue weighted by molar-refractivity contribution is -0.151. The molecule has 1 heterocycles. The number of carbonyl (C=O) groups excluding carboxylic acids is 2. The van der Waals surface area contributed by atoms with Gasteiger partial charge in [-0.05, 0) is 45.4 Å². The number of amides is 1. The SMILES string of the molecule is CCOC(=O)C1CCN(C(=O)CC2=CCCCC2)CC1. The highest BCUT2D eigenvalue weighted by Crippen LogP contribution is 2.23. The first-order chi connectivity index (χ1) is 9.70. The lowest BCUT2D eigenvalue weighted by Gasteiger charge is -2.31. The lowest BCUT2D eigenvalue weighted by Crippen LogP contribution is -2.40. The van der Waals surface area contributed by atoms with E-state index in [4.69, 9.17) is 4.74 Å². The summed E-state index contributed by atoms with van der Waals surface area (Å²) >= 11 is 0. The van der Waals surface area contributed by atoms with Crippen LogP contribution >= 0.6 is 0 Å². The van der Waals surface area contributed by atoms with Crippen LogP contribution in [0.5, 0.6) is 0 Å². The number of esters is 1. The lowest BCUT2D eigenvalue weighted by atomic mass is 9.94. The number of allylic oxidation sites excluding steroid dienone is 1. The molecule has 0 atom stereocenters. The molecule has 0 radical (unpaired) electrons. The first-order valence-electron chi connectivity index (χ1n) is 7.83. The van der Waals surface area contributed by atoms with E-state index in [1.807, 2.05) is 11.8 Å². The van der Waals surface area contributed by atoms with Crippen LogP contribution < -0.4 is 0 Å². The molecule has 2 rings (SSSR count). The first-order valence-corrected chi connectivity index (χ1v) is 7.83. The van der Waals surface area contributed by atoms with Crippen LogP contribution in [-0.4, -0.2) is 36.5 Å². The molecule has 1 aliphatic heterocycles. The summed E-state index contributed by atoms with van der Waals surface area (Å²) in [7, 11) is 0. The average molecular weight is 279 g/mol. The Hall–Kier alpha value is -1.32. The summed E-state index contributed by atoms with van der Waals surface area (Å²) in [4.78, 5) is 25.8. The number of ether oxygens (including phenoxy) is 1. The maximum Gasteiger partial charge on any atom is 0.309 e. The molecule has 0 bridgehead atoms. The Labute approximate surface area is 121 Å². The molecule has 1 amide bonds. The van der Waals surface area contributed by atoms with Crippen LogP contribution in [0.25, 0.3) is 0 Å². The number of likely N-dealkylation sites (tertiary alicyclic amines) is 1. The van der Waals surface area contributed by atoms with Crippen molar-refractivity contribution < 1.29 is 14.3 Å². The molecule has 0 saturated carbocycles. The van der Waals surface area contributed by atoms with E-state index in [1.54, 1.807) is 0 Å². The molecule has 0 aromatic heterocycles. The Bertz CT molecular complexity index is 381. The normalized spacial score (nSPS) is 20.4. The summed E-state index contributed by atoms with van der Waals surface area (Å²) in [5.74, 6) is 0.0999. The van der Waals surface area contributed by atoms with Crippen LogP contribution in [0.3, 0.4) is 0 Å². The third-order valence-corrected chi connectivity index (χ3v) is 4.23. The molecule has 1 saturated heterocycles. The first kappa shape index (κ1) is 15.1. The van der Waals surface area contributed by atoms with Crippen molar-refractivity contribution in [2.75, 3.05) is 19.7 Å². The minimum absolute atomic E-state index is 0.0205. The van der Waals surface area contributed by atoms with Gasteiger partial charge >= 0.3 is 5.97 Å². The second-order valence-corrected chi connectivity index (χ2v) is 5.69. The van der Waals surface area contributed by atoms with Crippen molar-refractivity contribution in [3.63, 3.8) is 0 Å². The third-order valence-electron chi connectivity index (χ3n) is 4.23. The summed E-state index contributed by atoms with van der Waals surface area (Å²) in [6, 6.07) is 0. The molecule has 0 aromatic rings. The topological polar surface area (TPSA) is 46.6 Å². The average Bonchev–Trinajstić information content (AvgIpc) is 2.48. The zero-order valence-electron chi connectivity index (χ0n) is 12.4. The highest BCUT2D eigenvalue weighted by molar-refractivity contribution is 5.79. The second kappa shape index (κ2) is 7.46. The van der Waals surface area contributed by atoms with E-state index in [9.17, 15) is 9.59 Å². The van der Waals surface area contributed by atoms with Gasteiger partial charge in [-0.2, -0.15) is 0 Å². The minimum Gasteiger partial charge on any atom is -0.466 e. The molecule has 112 valence electrons. The van der Waals surface area contributed by atoms with Crippen LogP contribution in [0.4, 0.5) is 0 Å². The van der Waals surface area contributed by atoms with Crippen LogP contribution in [0, 0.1) is 5.92 Å². The molecular weight excluding hydrogens is 254 g/mol. The van der Waals surface area contributed by atoms with Gasteiger partial charge in [-0.15, -0.1) is 0 Å². The molecule has 0 N–H and O–H groups in total. The van der Waals surface area contributed by atoms with Crippen molar-refractivity contribution in [2.45, 2.75) is 51.9 Å². The maximum atomic E-state index is 12.2. The van der Waals surface area contributed by atoms with Gasteiger partial charge in [0, 0.05) is 19.5 Å². The Morgan fingerprint density at radius 1 is 1.30 bits per heavy atom. The zero-order valence-corrected chi connectivity index (χ0v) is 12.4. The highest BCUT2D eigenvalue weighted by Gasteiger charge is 2.28. The van der Waals surface area contributed by atoms with Crippen LogP contribution in [0.2, 0.25) is 0 Å². The fraction of sp³-hybridized carbons (Fsp3) is 0.750. The quantitative estimate of drug-likeness (QED) is 0.587. The highest BCUT2D eigenvalue weighted by atomic mass is 16.5. The number of piperidine rings is 1. The van der Waals surface area contributed by atoms with Crippen molar-refractivity contribution in [3.8, 4) is 0 Å². The van der Waals surface area contributed by atoms with Crippen molar-refractivity contribution >= 4 is 11.9 Å². The Morgan fingerprint density at radius 2 is 2.05 bits per heavy atom. The van der Waals surface area contributed by atoms with Gasteiger partial charge in [0.05, 0.1) is 12.5 Å². The van der Waals surface area contributed by atoms with Crippen molar-refractivity contribution in [2.24, 2.45) is 5.92 Å². The third kappa shape index (κ3) is 4.09. The number of nitrogens with zero attached hydrogens (tertiary/aromatic N) is 1. The van der Waals surface area contributed by atoms with E-state index < -0.39 is 0 Å². The van der Waals surface area contributed by atoms with E-state index in [1.165, 1.54) is 18.4 Å². The standard InChI is InChI=1S/C16H25NO3/c1-2-20-16(19)14-8-10-17(11-9-14)15(18)12-13-6-4-3-5-7-13/h6,14H,2-5,7-12H2,1H3. The van der Waals surface area contributed by atoms with Gasteiger partial charge in [0.2, 0.25) is 5.91 Å². The molecule has 0 unspecified atom stereocenters. The van der Waals surface area contributed by atoms with E-state index in [0.29, 0.717) is 26.1 Å². The molecule has 0 aromatic carbocycles. The largest absolute Gasteiger partial charge is 0.466 e. The zero-order chi connectivity index (χ0) is 14.4. The van der Waals surface area contributed by atoms with E-state index in [2.05, 4.69) is 6.08 Å².